The largest absolute Gasteiger partial charge is 0.489 e. The summed E-state index contributed by atoms with van der Waals surface area (Å²) in [6, 6.07) is 12.5. The number of amides is 1. The van der Waals surface area contributed by atoms with Gasteiger partial charge in [-0.1, -0.05) is 0 Å². The van der Waals surface area contributed by atoms with Crippen LogP contribution in [-0.2, 0) is 6.18 Å². The van der Waals surface area contributed by atoms with E-state index in [2.05, 4.69) is 20.1 Å². The Morgan fingerprint density at radius 2 is 1.96 bits per heavy atom. The number of halogens is 3. The summed E-state index contributed by atoms with van der Waals surface area (Å²) >= 11 is 0. The number of nitrogens with zero attached hydrogens (tertiary/aromatic N) is 5. The molecule has 1 aromatic carbocycles. The molecule has 3 aromatic rings. The molecule has 4 heterocycles. The molecule has 1 saturated carbocycles. The molecule has 0 bridgehead atoms. The van der Waals surface area contributed by atoms with Crippen LogP contribution in [0.2, 0.25) is 0 Å². The number of pyridine rings is 2. The van der Waals surface area contributed by atoms with Crippen LogP contribution in [0.4, 0.5) is 18.9 Å². The lowest BCUT2D eigenvalue weighted by molar-refractivity contribution is -0.137. The van der Waals surface area contributed by atoms with Gasteiger partial charge in [-0.3, -0.25) is 4.79 Å². The molecule has 242 valence electrons. The number of alkyl halides is 3. The second kappa shape index (κ2) is 13.2. The minimum Gasteiger partial charge on any atom is -0.489 e. The predicted molar refractivity (Wildman–Crippen MR) is 166 cm³/mol. The Bertz CT molecular complexity index is 1620. The Balaban J connectivity index is 1.29. The highest BCUT2D eigenvalue weighted by molar-refractivity contribution is 5.99. The average Bonchev–Trinajstić information content (AvgIpc) is 3.82. The van der Waals surface area contributed by atoms with Crippen molar-refractivity contribution in [2.24, 2.45) is 5.92 Å². The number of hydrogen-bond acceptors (Lipinski definition) is 8. The number of nitrogens with one attached hydrogen (secondary N) is 1. The van der Waals surface area contributed by atoms with Crippen molar-refractivity contribution in [1.82, 2.24) is 20.2 Å². The van der Waals surface area contributed by atoms with Gasteiger partial charge in [-0.15, -0.1) is 0 Å². The zero-order valence-electron chi connectivity index (χ0n) is 25.9. The maximum atomic E-state index is 13.9. The summed E-state index contributed by atoms with van der Waals surface area (Å²) in [5.41, 5.74) is 1.32. The zero-order chi connectivity index (χ0) is 32.4. The van der Waals surface area contributed by atoms with Gasteiger partial charge < -0.3 is 24.6 Å². The van der Waals surface area contributed by atoms with Gasteiger partial charge >= 0.3 is 6.18 Å². The van der Waals surface area contributed by atoms with Crippen LogP contribution in [0.5, 0.6) is 11.6 Å². The molecule has 6 rings (SSSR count). The molecular weight excluding hydrogens is 597 g/mol. The van der Waals surface area contributed by atoms with E-state index in [-0.39, 0.29) is 35.4 Å². The van der Waals surface area contributed by atoms with Gasteiger partial charge in [0.05, 0.1) is 34.7 Å². The molecule has 2 aliphatic heterocycles. The van der Waals surface area contributed by atoms with Crippen LogP contribution in [0.25, 0.3) is 11.3 Å². The number of hydrogen-bond donors (Lipinski definition) is 1. The highest BCUT2D eigenvalue weighted by Crippen LogP contribution is 2.43. The number of anilines is 1. The van der Waals surface area contributed by atoms with Gasteiger partial charge in [0.25, 0.3) is 5.91 Å². The fraction of sp³-hybridized carbons (Fsp3) is 0.471. The molecule has 0 spiro atoms. The molecule has 1 aliphatic carbocycles. The molecule has 2 saturated heterocycles. The molecule has 9 nitrogen and oxygen atoms in total. The summed E-state index contributed by atoms with van der Waals surface area (Å²) in [6.07, 6.45) is 0.898. The van der Waals surface area contributed by atoms with Gasteiger partial charge in [0.2, 0.25) is 5.88 Å². The van der Waals surface area contributed by atoms with Crippen LogP contribution < -0.4 is 19.7 Å². The zero-order valence-corrected chi connectivity index (χ0v) is 25.9. The molecule has 1 amide bonds. The van der Waals surface area contributed by atoms with Crippen molar-refractivity contribution in [2.75, 3.05) is 38.2 Å². The maximum absolute atomic E-state index is 13.9. The summed E-state index contributed by atoms with van der Waals surface area (Å²) in [5, 5.41) is 12.8. The van der Waals surface area contributed by atoms with E-state index in [9.17, 15) is 23.2 Å². The minimum absolute atomic E-state index is 0.0182. The number of likely N-dealkylation sites (N-methyl/N-ethyl adjacent to an activating group) is 1. The first-order chi connectivity index (χ1) is 22.1. The Morgan fingerprint density at radius 3 is 2.65 bits per heavy atom. The quantitative estimate of drug-likeness (QED) is 0.320. The lowest BCUT2D eigenvalue weighted by Crippen LogP contribution is -2.48. The van der Waals surface area contributed by atoms with E-state index in [1.807, 2.05) is 44.3 Å². The summed E-state index contributed by atoms with van der Waals surface area (Å²) in [6.45, 7) is 4.55. The van der Waals surface area contributed by atoms with Crippen molar-refractivity contribution >= 4 is 11.6 Å². The van der Waals surface area contributed by atoms with Crippen LogP contribution in [0.3, 0.4) is 0 Å². The Hall–Kier alpha value is -4.37. The topological polar surface area (TPSA) is 104 Å². The van der Waals surface area contributed by atoms with Crippen molar-refractivity contribution in [3.8, 4) is 29.0 Å². The van der Waals surface area contributed by atoms with Gasteiger partial charge in [-0.2, -0.15) is 18.4 Å². The Kier molecular flexibility index (Phi) is 9.04. The van der Waals surface area contributed by atoms with E-state index in [1.165, 1.54) is 6.07 Å². The van der Waals surface area contributed by atoms with E-state index >= 15 is 0 Å². The van der Waals surface area contributed by atoms with Crippen molar-refractivity contribution in [3.05, 3.63) is 65.5 Å². The fourth-order valence-corrected chi connectivity index (χ4v) is 6.52. The second-order valence-corrected chi connectivity index (χ2v) is 12.3. The fourth-order valence-electron chi connectivity index (χ4n) is 6.52. The van der Waals surface area contributed by atoms with Crippen molar-refractivity contribution in [2.45, 2.75) is 63.4 Å². The number of aromatic nitrogens is 2. The van der Waals surface area contributed by atoms with Crippen molar-refractivity contribution < 1.29 is 27.4 Å². The number of piperidine rings is 1. The highest BCUT2D eigenvalue weighted by Gasteiger charge is 2.42. The lowest BCUT2D eigenvalue weighted by Gasteiger charge is -2.42. The van der Waals surface area contributed by atoms with Crippen LogP contribution in [-0.4, -0.2) is 72.3 Å². The summed E-state index contributed by atoms with van der Waals surface area (Å²) < 4.78 is 51.7. The molecule has 12 heteroatoms. The molecule has 3 atom stereocenters. The van der Waals surface area contributed by atoms with Gasteiger partial charge in [0, 0.05) is 44.2 Å². The number of carbonyl (C=O) groups excluding carboxylic acids is 1. The van der Waals surface area contributed by atoms with E-state index in [1.54, 1.807) is 6.20 Å². The molecule has 0 radical (unpaired) electrons. The van der Waals surface area contributed by atoms with Crippen LogP contribution in [0.1, 0.15) is 60.6 Å². The van der Waals surface area contributed by atoms with E-state index in [0.29, 0.717) is 54.7 Å². The van der Waals surface area contributed by atoms with Gasteiger partial charge in [0.1, 0.15) is 17.9 Å². The van der Waals surface area contributed by atoms with E-state index in [0.717, 1.165) is 50.2 Å². The average molecular weight is 635 g/mol. The monoisotopic (exact) mass is 634 g/mol. The van der Waals surface area contributed by atoms with Gasteiger partial charge in [0.15, 0.2) is 5.69 Å². The summed E-state index contributed by atoms with van der Waals surface area (Å²) in [7, 11) is 2.03. The Labute approximate surface area is 266 Å². The Morgan fingerprint density at radius 1 is 1.13 bits per heavy atom. The molecular formula is C34H37F3N6O3. The number of likely N-dealkylation sites (tertiary alicyclic amines) is 1. The minimum atomic E-state index is -4.55. The SMILES string of the molecule is CCOc1ncccc1-c1ccc(N2CC[C@@H](Oc3ccc(C(F)(F)F)cc3C#N)C[C@@H]2C2CC2)c(C(=O)N[C@@H]2CCN(C)C2)n1. The first-order valence-electron chi connectivity index (χ1n) is 15.8. The molecule has 46 heavy (non-hydrogen) atoms. The normalized spacial score (nSPS) is 21.9. The van der Waals surface area contributed by atoms with Crippen molar-refractivity contribution in [3.63, 3.8) is 0 Å². The third kappa shape index (κ3) is 6.89. The summed E-state index contributed by atoms with van der Waals surface area (Å²) in [5.74, 6) is 0.743. The lowest BCUT2D eigenvalue weighted by atomic mass is 9.94. The second-order valence-electron chi connectivity index (χ2n) is 12.3. The highest BCUT2D eigenvalue weighted by atomic mass is 19.4. The number of ether oxygens (including phenoxy) is 2. The molecule has 3 aliphatic rings. The van der Waals surface area contributed by atoms with Crippen LogP contribution >= 0.6 is 0 Å². The van der Waals surface area contributed by atoms with E-state index in [4.69, 9.17) is 14.5 Å². The van der Waals surface area contributed by atoms with Crippen LogP contribution in [0, 0.1) is 17.2 Å². The van der Waals surface area contributed by atoms with Crippen LogP contribution in [0.15, 0.2) is 48.7 Å². The first-order valence-corrected chi connectivity index (χ1v) is 15.8. The summed E-state index contributed by atoms with van der Waals surface area (Å²) in [4.78, 5) is 27.7. The van der Waals surface area contributed by atoms with Gasteiger partial charge in [-0.25, -0.2) is 9.97 Å². The van der Waals surface area contributed by atoms with Crippen molar-refractivity contribution in [1.29, 1.82) is 5.26 Å². The number of nitriles is 1. The number of benzene rings is 1. The molecule has 3 fully saturated rings. The standard InChI is InChI=1S/C34H37F3N6O3/c1-3-45-33-26(5-4-14-39-33)27-9-10-28(31(41-27)32(44)40-24-12-15-42(2)20-24)43-16-13-25(18-29(43)21-6-7-21)46-30-11-8-23(34(35,36)37)17-22(30)19-38/h4-5,8-11,14,17,21,24-25,29H,3,6-7,12-13,15-16,18,20H2,1-2H3,(H,40,44)/t24-,25-,29-/m1/s1. The number of carbonyl (C=O) groups is 1. The van der Waals surface area contributed by atoms with E-state index < -0.39 is 11.7 Å². The third-order valence-electron chi connectivity index (χ3n) is 8.94. The first kappa shape index (κ1) is 31.6. The molecule has 1 N–H and O–H groups in total. The maximum Gasteiger partial charge on any atom is 0.416 e. The molecule has 2 aromatic heterocycles. The van der Waals surface area contributed by atoms with Gasteiger partial charge in [-0.05, 0) is 88.2 Å². The number of rotatable bonds is 9. The molecule has 0 unspecified atom stereocenters. The third-order valence-corrected chi connectivity index (χ3v) is 8.94. The predicted octanol–water partition coefficient (Wildman–Crippen LogP) is 5.69. The smallest absolute Gasteiger partial charge is 0.416 e.